The van der Waals surface area contributed by atoms with Gasteiger partial charge in [0.05, 0.1) is 21.4 Å². The highest BCUT2D eigenvalue weighted by Gasteiger charge is 2.20. The second kappa shape index (κ2) is 12.9. The van der Waals surface area contributed by atoms with Crippen molar-refractivity contribution in [2.24, 2.45) is 0 Å². The fourth-order valence-corrected chi connectivity index (χ4v) is 10.3. The number of hydrogen-bond donors (Lipinski definition) is 0. The lowest BCUT2D eigenvalue weighted by atomic mass is 10.0. The molecule has 0 spiro atoms. The highest BCUT2D eigenvalue weighted by atomic mass is 32.1. The van der Waals surface area contributed by atoms with E-state index < -0.39 is 0 Å². The summed E-state index contributed by atoms with van der Waals surface area (Å²) in [7, 11) is 0. The normalized spacial score (nSPS) is 12.0. The molecule has 0 fully saturated rings. The molecule has 0 saturated heterocycles. The van der Waals surface area contributed by atoms with Crippen molar-refractivity contribution in [2.75, 3.05) is 0 Å². The number of hydrogen-bond acceptors (Lipinski definition) is 5. The maximum atomic E-state index is 5.46. The molecule has 6 heteroatoms. The van der Waals surface area contributed by atoms with Gasteiger partial charge < -0.3 is 0 Å². The lowest BCUT2D eigenvalue weighted by Crippen LogP contribution is -2.00. The smallest absolute Gasteiger partial charge is 0.164 e. The van der Waals surface area contributed by atoms with Crippen LogP contribution in [0.1, 0.15) is 0 Å². The predicted molar refractivity (Wildman–Crippen MR) is 251 cm³/mol. The van der Waals surface area contributed by atoms with Crippen LogP contribution in [0.2, 0.25) is 0 Å². The summed E-state index contributed by atoms with van der Waals surface area (Å²) in [5.41, 5.74) is 8.04. The Hall–Kier alpha value is -7.80. The average Bonchev–Trinajstić information content (AvgIpc) is 3.91. The second-order valence-corrected chi connectivity index (χ2v) is 16.5. The molecule has 0 aliphatic rings. The summed E-state index contributed by atoms with van der Waals surface area (Å²) in [5.74, 6) is 1.90. The summed E-state index contributed by atoms with van der Waals surface area (Å²) in [5, 5.41) is 11.9. The quantitative estimate of drug-likeness (QED) is 0.178. The fourth-order valence-electron chi connectivity index (χ4n) is 8.99. The molecule has 0 atom stereocenters. The van der Waals surface area contributed by atoms with Gasteiger partial charge in [-0.1, -0.05) is 164 Å². The minimum Gasteiger partial charge on any atom is -0.291 e. The van der Waals surface area contributed by atoms with Gasteiger partial charge in [0.1, 0.15) is 0 Å². The first-order valence-corrected chi connectivity index (χ1v) is 20.9. The molecule has 0 aliphatic heterocycles. The van der Waals surface area contributed by atoms with E-state index in [-0.39, 0.29) is 0 Å². The Morgan fingerprint density at radius 2 is 0.833 bits per heavy atom. The summed E-state index contributed by atoms with van der Waals surface area (Å²) < 4.78 is 4.83. The number of benzene rings is 9. The number of imidazole rings is 1. The van der Waals surface area contributed by atoms with Crippen molar-refractivity contribution in [1.29, 1.82) is 0 Å². The van der Waals surface area contributed by atoms with E-state index in [1.807, 2.05) is 11.3 Å². The average molecular weight is 782 g/mol. The molecule has 0 unspecified atom stereocenters. The summed E-state index contributed by atoms with van der Waals surface area (Å²) in [6.07, 6.45) is 0. The highest BCUT2D eigenvalue weighted by molar-refractivity contribution is 7.27. The molecule has 278 valence electrons. The second-order valence-electron chi connectivity index (χ2n) is 15.5. The van der Waals surface area contributed by atoms with Crippen molar-refractivity contribution in [3.05, 3.63) is 188 Å². The third kappa shape index (κ3) is 5.11. The van der Waals surface area contributed by atoms with E-state index in [1.54, 1.807) is 0 Å². The van der Waals surface area contributed by atoms with Crippen LogP contribution in [0.25, 0.3) is 125 Å². The minimum atomic E-state index is 0.624. The Morgan fingerprint density at radius 1 is 0.333 bits per heavy atom. The Kier molecular flexibility index (Phi) is 7.11. The number of rotatable bonds is 4. The van der Waals surface area contributed by atoms with E-state index in [0.717, 1.165) is 60.8 Å². The standard InChI is InChI=1S/C54H31N5S/c1-3-13-38-29-40(23-17-32(38)9-1)52-56-51(57-53(58-52)41-24-18-33-10-2-4-14-39(33)30-41)37-21-19-36(20-22-37)47-31-45-44-27-25-35-12-6-8-16-43(35)49(44)60-50(45)54-55-48-42-15-7-5-11-34(42)26-28-46(48)59(47)54/h1-31H. The molecular weight excluding hydrogens is 751 g/mol. The molecule has 13 aromatic rings. The topological polar surface area (TPSA) is 56.0 Å². The van der Waals surface area contributed by atoms with Gasteiger partial charge in [-0.3, -0.25) is 4.40 Å². The first-order valence-electron chi connectivity index (χ1n) is 20.1. The molecule has 4 heterocycles. The lowest BCUT2D eigenvalue weighted by molar-refractivity contribution is 1.07. The fraction of sp³-hybridized carbons (Fsp3) is 0. The van der Waals surface area contributed by atoms with Gasteiger partial charge in [0.25, 0.3) is 0 Å². The van der Waals surface area contributed by atoms with Gasteiger partial charge >= 0.3 is 0 Å². The third-order valence-corrected chi connectivity index (χ3v) is 13.2. The van der Waals surface area contributed by atoms with E-state index in [9.17, 15) is 0 Å². The Bertz CT molecular complexity index is 3800. The maximum absolute atomic E-state index is 5.46. The van der Waals surface area contributed by atoms with Crippen LogP contribution in [0.3, 0.4) is 0 Å². The van der Waals surface area contributed by atoms with Gasteiger partial charge in [0.2, 0.25) is 0 Å². The predicted octanol–water partition coefficient (Wildman–Crippen LogP) is 14.3. The van der Waals surface area contributed by atoms with Crippen LogP contribution in [-0.4, -0.2) is 24.3 Å². The van der Waals surface area contributed by atoms with Crippen LogP contribution in [0.15, 0.2) is 188 Å². The molecule has 60 heavy (non-hydrogen) atoms. The van der Waals surface area contributed by atoms with Crippen molar-refractivity contribution >= 4 is 91.3 Å². The molecule has 4 aromatic heterocycles. The lowest BCUT2D eigenvalue weighted by Gasteiger charge is -2.11. The van der Waals surface area contributed by atoms with Crippen LogP contribution in [0, 0.1) is 0 Å². The zero-order chi connectivity index (χ0) is 39.3. The number of thiophene rings is 1. The molecule has 0 bridgehead atoms. The van der Waals surface area contributed by atoms with Gasteiger partial charge in [0, 0.05) is 37.5 Å². The van der Waals surface area contributed by atoms with Gasteiger partial charge in [-0.15, -0.1) is 11.3 Å². The van der Waals surface area contributed by atoms with E-state index in [2.05, 4.69) is 192 Å². The zero-order valence-corrected chi connectivity index (χ0v) is 32.9. The maximum Gasteiger partial charge on any atom is 0.164 e. The van der Waals surface area contributed by atoms with Crippen molar-refractivity contribution in [1.82, 2.24) is 24.3 Å². The third-order valence-electron chi connectivity index (χ3n) is 12.0. The van der Waals surface area contributed by atoms with E-state index >= 15 is 0 Å². The van der Waals surface area contributed by atoms with Crippen molar-refractivity contribution < 1.29 is 0 Å². The summed E-state index contributed by atoms with van der Waals surface area (Å²) in [6.45, 7) is 0. The first kappa shape index (κ1) is 33.2. The van der Waals surface area contributed by atoms with Crippen molar-refractivity contribution in [3.8, 4) is 45.4 Å². The van der Waals surface area contributed by atoms with Crippen LogP contribution < -0.4 is 0 Å². The number of aromatic nitrogens is 5. The molecule has 0 aliphatic carbocycles. The van der Waals surface area contributed by atoms with Gasteiger partial charge in [-0.05, 0) is 67.5 Å². The summed E-state index contributed by atoms with van der Waals surface area (Å²) >= 11 is 1.84. The number of nitrogens with zero attached hydrogens (tertiary/aromatic N) is 5. The largest absolute Gasteiger partial charge is 0.291 e. The molecule has 0 amide bonds. The van der Waals surface area contributed by atoms with Crippen molar-refractivity contribution in [2.45, 2.75) is 0 Å². The molecule has 0 radical (unpaired) electrons. The zero-order valence-electron chi connectivity index (χ0n) is 32.0. The molecular formula is C54H31N5S. The molecule has 0 saturated carbocycles. The Morgan fingerprint density at radius 3 is 1.50 bits per heavy atom. The summed E-state index contributed by atoms with van der Waals surface area (Å²) in [4.78, 5) is 20.8. The van der Waals surface area contributed by atoms with Crippen molar-refractivity contribution in [3.63, 3.8) is 0 Å². The monoisotopic (exact) mass is 781 g/mol. The van der Waals surface area contributed by atoms with E-state index in [4.69, 9.17) is 19.9 Å². The Balaban J connectivity index is 1.01. The Labute approximate surface area is 347 Å². The van der Waals surface area contributed by atoms with Gasteiger partial charge in [0.15, 0.2) is 23.1 Å². The van der Waals surface area contributed by atoms with E-state index in [0.29, 0.717) is 17.5 Å². The number of fused-ring (bicyclic) bond motifs is 13. The molecule has 9 aromatic carbocycles. The molecule has 5 nitrogen and oxygen atoms in total. The first-order chi connectivity index (χ1) is 29.7. The van der Waals surface area contributed by atoms with Gasteiger partial charge in [-0.2, -0.15) is 0 Å². The van der Waals surface area contributed by atoms with Crippen LogP contribution >= 0.6 is 11.3 Å². The number of pyridine rings is 1. The van der Waals surface area contributed by atoms with Crippen LogP contribution in [-0.2, 0) is 0 Å². The van der Waals surface area contributed by atoms with E-state index in [1.165, 1.54) is 47.1 Å². The van der Waals surface area contributed by atoms with Crippen LogP contribution in [0.4, 0.5) is 0 Å². The van der Waals surface area contributed by atoms with Gasteiger partial charge in [-0.25, -0.2) is 19.9 Å². The minimum absolute atomic E-state index is 0.624. The summed E-state index contributed by atoms with van der Waals surface area (Å²) in [6, 6.07) is 66.8. The van der Waals surface area contributed by atoms with Crippen LogP contribution in [0.5, 0.6) is 0 Å². The molecule has 13 rings (SSSR count). The molecule has 0 N–H and O–H groups in total. The highest BCUT2D eigenvalue weighted by Crippen LogP contribution is 2.44. The SMILES string of the molecule is c1ccc2cc(-c3nc(-c4ccc(-c5cc6c7ccc8ccccc8c7sc6c6nc7c8ccccc8ccc7n56)cc4)nc(-c4ccc5ccccc5c4)n3)ccc2c1.